The third kappa shape index (κ3) is 2.94. The van der Waals surface area contributed by atoms with Crippen molar-refractivity contribution in [3.8, 4) is 11.5 Å². The van der Waals surface area contributed by atoms with Crippen LogP contribution in [0.5, 0.6) is 11.5 Å². The molecule has 0 radical (unpaired) electrons. The third-order valence-electron chi connectivity index (χ3n) is 3.61. The van der Waals surface area contributed by atoms with Crippen molar-refractivity contribution in [2.45, 2.75) is 6.92 Å². The van der Waals surface area contributed by atoms with Gasteiger partial charge in [0.05, 0.1) is 18.7 Å². The molecule has 0 aliphatic carbocycles. The zero-order valence-corrected chi connectivity index (χ0v) is 13.2. The van der Waals surface area contributed by atoms with Gasteiger partial charge in [-0.05, 0) is 36.8 Å². The zero-order chi connectivity index (χ0) is 17.1. The molecule has 0 unspecified atom stereocenters. The van der Waals surface area contributed by atoms with Crippen LogP contribution in [0.25, 0.3) is 11.0 Å². The summed E-state index contributed by atoms with van der Waals surface area (Å²) in [5.74, 6) is 0.415. The van der Waals surface area contributed by atoms with Gasteiger partial charge in [-0.2, -0.15) is 5.10 Å². The Hall–Kier alpha value is -3.28. The Morgan fingerprint density at radius 2 is 2.08 bits per heavy atom. The van der Waals surface area contributed by atoms with Gasteiger partial charge in [0, 0.05) is 5.56 Å². The lowest BCUT2D eigenvalue weighted by atomic mass is 10.1. The first kappa shape index (κ1) is 15.6. The second-order valence-corrected chi connectivity index (χ2v) is 5.18. The highest BCUT2D eigenvalue weighted by atomic mass is 16.5. The van der Waals surface area contributed by atoms with E-state index in [4.69, 9.17) is 9.15 Å². The molecule has 0 saturated carbocycles. The molecule has 0 aliphatic heterocycles. The maximum absolute atomic E-state index is 12.2. The van der Waals surface area contributed by atoms with Gasteiger partial charge >= 0.3 is 5.91 Å². The summed E-state index contributed by atoms with van der Waals surface area (Å²) in [5.41, 5.74) is 4.23. The maximum Gasteiger partial charge on any atom is 0.307 e. The molecule has 0 atom stereocenters. The van der Waals surface area contributed by atoms with E-state index in [9.17, 15) is 9.90 Å². The second-order valence-electron chi connectivity index (χ2n) is 5.18. The number of amides is 1. The molecule has 0 saturated heterocycles. The molecule has 24 heavy (non-hydrogen) atoms. The van der Waals surface area contributed by atoms with Crippen LogP contribution in [0.2, 0.25) is 0 Å². The van der Waals surface area contributed by atoms with E-state index < -0.39 is 5.91 Å². The normalized spacial score (nSPS) is 11.1. The van der Waals surface area contributed by atoms with E-state index in [1.807, 2.05) is 18.2 Å². The molecule has 6 nitrogen and oxygen atoms in total. The summed E-state index contributed by atoms with van der Waals surface area (Å²) in [4.78, 5) is 12.2. The number of aryl methyl sites for hydroxylation is 1. The molecule has 0 fully saturated rings. The van der Waals surface area contributed by atoms with Gasteiger partial charge in [-0.1, -0.05) is 18.2 Å². The van der Waals surface area contributed by atoms with E-state index in [-0.39, 0.29) is 11.5 Å². The van der Waals surface area contributed by atoms with Crippen LogP contribution in [0.15, 0.2) is 52.0 Å². The fraction of sp³-hybridized carbons (Fsp3) is 0.111. The predicted molar refractivity (Wildman–Crippen MR) is 90.7 cm³/mol. The molecular weight excluding hydrogens is 308 g/mol. The molecule has 1 amide bonds. The van der Waals surface area contributed by atoms with Gasteiger partial charge < -0.3 is 14.3 Å². The molecule has 0 bridgehead atoms. The maximum atomic E-state index is 12.2. The summed E-state index contributed by atoms with van der Waals surface area (Å²) in [6.07, 6.45) is 1.51. The minimum Gasteiger partial charge on any atom is -0.507 e. The van der Waals surface area contributed by atoms with Crippen LogP contribution in [0, 0.1) is 6.92 Å². The van der Waals surface area contributed by atoms with E-state index in [2.05, 4.69) is 10.5 Å². The van der Waals surface area contributed by atoms with Gasteiger partial charge in [-0.15, -0.1) is 0 Å². The molecule has 122 valence electrons. The molecule has 3 aromatic rings. The van der Waals surface area contributed by atoms with E-state index in [1.165, 1.54) is 6.21 Å². The number of ether oxygens (including phenoxy) is 1. The highest BCUT2D eigenvalue weighted by molar-refractivity contribution is 6.00. The van der Waals surface area contributed by atoms with Crippen LogP contribution in [-0.4, -0.2) is 24.3 Å². The summed E-state index contributed by atoms with van der Waals surface area (Å²) >= 11 is 0. The Bertz CT molecular complexity index is 928. The van der Waals surface area contributed by atoms with Crippen molar-refractivity contribution in [3.05, 3.63) is 59.4 Å². The highest BCUT2D eigenvalue weighted by Gasteiger charge is 2.19. The van der Waals surface area contributed by atoms with Crippen LogP contribution in [-0.2, 0) is 0 Å². The average molecular weight is 324 g/mol. The molecule has 0 aliphatic rings. The monoisotopic (exact) mass is 324 g/mol. The molecule has 1 aromatic heterocycles. The predicted octanol–water partition coefficient (Wildman–Crippen LogP) is 3.22. The second kappa shape index (κ2) is 6.45. The zero-order valence-electron chi connectivity index (χ0n) is 13.2. The first-order valence-electron chi connectivity index (χ1n) is 7.28. The number of nitrogens with zero attached hydrogens (tertiary/aromatic N) is 1. The Kier molecular flexibility index (Phi) is 4.20. The Morgan fingerprint density at radius 1 is 1.29 bits per heavy atom. The van der Waals surface area contributed by atoms with Crippen LogP contribution >= 0.6 is 0 Å². The number of furan rings is 1. The fourth-order valence-corrected chi connectivity index (χ4v) is 2.44. The first-order valence-corrected chi connectivity index (χ1v) is 7.28. The number of rotatable bonds is 4. The number of aromatic hydroxyl groups is 1. The van der Waals surface area contributed by atoms with E-state index in [0.717, 1.165) is 5.56 Å². The number of methoxy groups -OCH3 is 1. The van der Waals surface area contributed by atoms with Crippen LogP contribution < -0.4 is 10.2 Å². The van der Waals surface area contributed by atoms with Gasteiger partial charge in [0.25, 0.3) is 0 Å². The lowest BCUT2D eigenvalue weighted by Crippen LogP contribution is -2.17. The number of phenolic OH excluding ortho intramolecular Hbond substituents is 1. The van der Waals surface area contributed by atoms with Gasteiger partial charge in [-0.25, -0.2) is 5.43 Å². The molecule has 2 N–H and O–H groups in total. The minimum absolute atomic E-state index is 0.0766. The number of carbonyl (C=O) groups excluding carboxylic acids is 1. The summed E-state index contributed by atoms with van der Waals surface area (Å²) < 4.78 is 10.6. The van der Waals surface area contributed by atoms with Crippen molar-refractivity contribution in [2.75, 3.05) is 7.11 Å². The van der Waals surface area contributed by atoms with Crippen LogP contribution in [0.3, 0.4) is 0 Å². The number of phenols is 1. The molecule has 0 spiro atoms. The SMILES string of the molecule is COc1cccc(/C=N\NC(=O)c2oc3cccc(O)c3c2C)c1. The fourth-order valence-electron chi connectivity index (χ4n) is 2.44. The molecule has 6 heteroatoms. The first-order chi connectivity index (χ1) is 11.6. The quantitative estimate of drug-likeness (QED) is 0.570. The largest absolute Gasteiger partial charge is 0.507 e. The molecular formula is C18H16N2O4. The number of hydrogen-bond donors (Lipinski definition) is 2. The van der Waals surface area contributed by atoms with Gasteiger partial charge in [0.15, 0.2) is 5.76 Å². The van der Waals surface area contributed by atoms with Crippen molar-refractivity contribution in [1.29, 1.82) is 0 Å². The van der Waals surface area contributed by atoms with Crippen molar-refractivity contribution in [1.82, 2.24) is 5.43 Å². The van der Waals surface area contributed by atoms with Crippen molar-refractivity contribution >= 4 is 23.1 Å². The topological polar surface area (TPSA) is 84.1 Å². The van der Waals surface area contributed by atoms with Crippen molar-refractivity contribution < 1.29 is 19.1 Å². The number of nitrogens with one attached hydrogen (secondary N) is 1. The van der Waals surface area contributed by atoms with Crippen molar-refractivity contribution in [3.63, 3.8) is 0 Å². The number of fused-ring (bicyclic) bond motifs is 1. The number of benzene rings is 2. The van der Waals surface area contributed by atoms with Gasteiger partial charge in [0.2, 0.25) is 0 Å². The summed E-state index contributed by atoms with van der Waals surface area (Å²) in [6, 6.07) is 12.2. The van der Waals surface area contributed by atoms with Crippen LogP contribution in [0.1, 0.15) is 21.7 Å². The highest BCUT2D eigenvalue weighted by Crippen LogP contribution is 2.32. The van der Waals surface area contributed by atoms with E-state index in [0.29, 0.717) is 22.3 Å². The minimum atomic E-state index is -0.484. The molecule has 1 heterocycles. The van der Waals surface area contributed by atoms with Gasteiger partial charge in [0.1, 0.15) is 17.1 Å². The smallest absolute Gasteiger partial charge is 0.307 e. The van der Waals surface area contributed by atoms with Gasteiger partial charge in [-0.3, -0.25) is 4.79 Å². The number of hydrazone groups is 1. The number of carbonyl (C=O) groups is 1. The Labute approximate surface area is 138 Å². The van der Waals surface area contributed by atoms with Crippen LogP contribution in [0.4, 0.5) is 0 Å². The van der Waals surface area contributed by atoms with E-state index >= 15 is 0 Å². The molecule has 2 aromatic carbocycles. The van der Waals surface area contributed by atoms with Crippen molar-refractivity contribution in [2.24, 2.45) is 5.10 Å². The lowest BCUT2D eigenvalue weighted by Gasteiger charge is -2.00. The summed E-state index contributed by atoms with van der Waals surface area (Å²) in [7, 11) is 1.58. The average Bonchev–Trinajstić information content (AvgIpc) is 2.93. The summed E-state index contributed by atoms with van der Waals surface area (Å²) in [6.45, 7) is 1.71. The molecule has 3 rings (SSSR count). The standard InChI is InChI=1S/C18H16N2O4/c1-11-16-14(21)7-4-8-15(16)24-17(11)18(22)20-19-10-12-5-3-6-13(9-12)23-2/h3-10,21H,1-2H3,(H,20,22)/b19-10-. The lowest BCUT2D eigenvalue weighted by molar-refractivity contribution is 0.0929. The Morgan fingerprint density at radius 3 is 2.83 bits per heavy atom. The Balaban J connectivity index is 1.79. The van der Waals surface area contributed by atoms with E-state index in [1.54, 1.807) is 38.3 Å². The summed E-state index contributed by atoms with van der Waals surface area (Å²) in [5, 5.41) is 14.3. The third-order valence-corrected chi connectivity index (χ3v) is 3.61. The number of hydrogen-bond acceptors (Lipinski definition) is 5.